The average Bonchev–Trinajstić information content (AvgIpc) is 1.69. The first-order chi connectivity index (χ1) is 63.1. The minimum absolute atomic E-state index is 0.0139. The Morgan fingerprint density at radius 3 is 1.41 bits per heavy atom. The van der Waals surface area contributed by atoms with Crippen LogP contribution in [0.4, 0.5) is 0 Å². The number of nitrogens with zero attached hydrogens (tertiary/aromatic N) is 1. The Morgan fingerprint density at radius 1 is 0.466 bits per heavy atom. The summed E-state index contributed by atoms with van der Waals surface area (Å²) >= 11 is 0. The van der Waals surface area contributed by atoms with E-state index >= 15 is 0 Å². The number of nitrogens with one attached hydrogen (secondary N) is 16. The van der Waals surface area contributed by atoms with E-state index in [9.17, 15) is 102 Å². The molecule has 742 valence electrons. The van der Waals surface area contributed by atoms with Crippen molar-refractivity contribution in [2.24, 2.45) is 52.2 Å². The molecule has 2 aromatic carbocycles. The van der Waals surface area contributed by atoms with Crippen LogP contribution in [-0.4, -0.2) is 288 Å². The number of phenols is 1. The third-order valence-electron chi connectivity index (χ3n) is 21.7. The van der Waals surface area contributed by atoms with Gasteiger partial charge in [0, 0.05) is 36.5 Å². The predicted molar refractivity (Wildman–Crippen MR) is 489 cm³/mol. The first-order valence-corrected chi connectivity index (χ1v) is 45.4. The van der Waals surface area contributed by atoms with Crippen molar-refractivity contribution in [1.29, 1.82) is 0 Å². The number of aliphatic hydroxyl groups is 2. The maximum absolute atomic E-state index is 14.6. The lowest BCUT2D eigenvalue weighted by molar-refractivity contribution is -0.155. The molecule has 3 aromatic rings. The molecule has 0 radical (unpaired) electrons. The second kappa shape index (κ2) is 59.5. The molecule has 0 aliphatic carbocycles. The summed E-state index contributed by atoms with van der Waals surface area (Å²) < 4.78 is 5.52. The van der Waals surface area contributed by atoms with E-state index < -0.39 is 223 Å². The Bertz CT molecular complexity index is 4340. The fourth-order valence-electron chi connectivity index (χ4n) is 14.6. The van der Waals surface area contributed by atoms with Crippen LogP contribution in [0.5, 0.6) is 5.75 Å². The molecule has 15 atom stereocenters. The molecule has 45 nitrogen and oxygen atoms in total. The molecule has 1 saturated heterocycles. The zero-order chi connectivity index (χ0) is 99.1. The number of aromatic nitrogens is 1. The van der Waals surface area contributed by atoms with Gasteiger partial charge >= 0.3 is 5.97 Å². The van der Waals surface area contributed by atoms with Gasteiger partial charge in [0.15, 0.2) is 6.10 Å². The van der Waals surface area contributed by atoms with Gasteiger partial charge in [0.1, 0.15) is 84.3 Å². The van der Waals surface area contributed by atoms with Crippen LogP contribution < -0.4 is 114 Å². The van der Waals surface area contributed by atoms with Crippen LogP contribution >= 0.6 is 0 Å². The van der Waals surface area contributed by atoms with Crippen molar-refractivity contribution < 1.29 is 106 Å². The van der Waals surface area contributed by atoms with E-state index in [2.05, 4.69) is 84.7 Å². The van der Waals surface area contributed by atoms with Crippen LogP contribution in [0.3, 0.4) is 0 Å². The van der Waals surface area contributed by atoms with Gasteiger partial charge in [-0.05, 0) is 203 Å². The highest BCUT2D eigenvalue weighted by molar-refractivity contribution is 6.01. The van der Waals surface area contributed by atoms with Gasteiger partial charge in [0.05, 0.1) is 38.8 Å². The van der Waals surface area contributed by atoms with E-state index in [-0.39, 0.29) is 114 Å². The van der Waals surface area contributed by atoms with Crippen LogP contribution in [0.15, 0.2) is 54.7 Å². The number of likely N-dealkylation sites (tertiary alicyclic amines) is 1. The molecule has 1 fully saturated rings. The molecular formula is C88H143N23O22. The fourth-order valence-corrected chi connectivity index (χ4v) is 14.6. The molecule has 4 rings (SSSR count). The molecule has 0 bridgehead atoms. The number of primary amides is 2. The monoisotopic (exact) mass is 1870 g/mol. The first kappa shape index (κ1) is 113. The zero-order valence-electron chi connectivity index (χ0n) is 77.6. The minimum Gasteiger partial charge on any atom is -0.508 e. The second-order valence-electron chi connectivity index (χ2n) is 34.5. The van der Waals surface area contributed by atoms with E-state index in [0.717, 1.165) is 5.52 Å². The molecule has 17 amide bonds. The van der Waals surface area contributed by atoms with Crippen molar-refractivity contribution in [3.05, 3.63) is 65.9 Å². The number of nitrogens with two attached hydrogens (primary N) is 6. The van der Waals surface area contributed by atoms with E-state index in [1.165, 1.54) is 50.1 Å². The number of para-hydroxylation sites is 1. The van der Waals surface area contributed by atoms with E-state index in [1.54, 1.807) is 72.0 Å². The van der Waals surface area contributed by atoms with Gasteiger partial charge in [-0.2, -0.15) is 0 Å². The predicted octanol–water partition coefficient (Wildman–Crippen LogP) is -5.76. The van der Waals surface area contributed by atoms with Gasteiger partial charge in [-0.15, -0.1) is 0 Å². The highest BCUT2D eigenvalue weighted by atomic mass is 16.5. The standard InChI is InChI=1S/C88H143N23O22/c1-48(2)37-62(77(121)98-45-72(117)111-36-20-27-68(111)86(130)104-61(26-15-19-35-92)80(124)103-60(25-14-18-34-91)79(123)102-59(24-13-17-33-90)78(122)101-58(75(94)119)23-12-16-32-89)105-81(125)63(38-49(3)4)106-83(127)65(40-53-28-30-55(114)31-29-53)100-71(116)44-97-76(120)51(7)99-85(129)67(47-112)109-84(128)66(42-70(93)115)107-82(126)64(39-50(5)6)108-88(132)74(52(8)113)110-87(131)69(133-73(118)46-95-9)41-54-43-96-57-22-11-10-21-56(54)57/h10-11,21-22,28-31,43,48-52,58-69,74,95-96,112-114H,12-20,23-27,32-42,44-47,89-92H2,1-9H3,(H2,93,115)(H2,94,119)(H,97,120)(H,98,121)(H,99,129)(H,100,116)(H,101,122)(H,102,123)(H,103,124)(H,104,130)(H,105,125)(H,106,127)(H,107,126)(H,108,132)(H,109,128)(H,110,131). The van der Waals surface area contributed by atoms with Crippen LogP contribution in [-0.2, 0) is 104 Å². The SMILES string of the molecule is CNCC(=O)OC(Cc1c[nH]c2ccccc12)C(=O)NC(C(=O)NC(CC(C)C)C(=O)NC(CC(N)=O)C(=O)NC(CO)C(=O)NC(C)C(=O)NCC(=O)NC(Cc1ccc(O)cc1)C(=O)NC(CC(C)C)C(=O)NC(CC(C)C)C(=O)NCC(=O)N1CCCC1C(=O)NC(CCCCN)C(=O)NC(CCCCN)C(=O)NC(CCCCN)C(=O)NC(CCCCN)C(N)=O)C(C)O. The smallest absolute Gasteiger partial charge is 0.320 e. The van der Waals surface area contributed by atoms with E-state index in [0.29, 0.717) is 87.4 Å². The van der Waals surface area contributed by atoms with Crippen LogP contribution in [0, 0.1) is 17.8 Å². The number of carbonyl (C=O) groups is 18. The number of H-pyrrole nitrogens is 1. The number of amides is 17. The number of aliphatic hydroxyl groups excluding tert-OH is 2. The molecule has 1 aromatic heterocycles. The van der Waals surface area contributed by atoms with E-state index in [1.807, 2.05) is 0 Å². The van der Waals surface area contributed by atoms with Crippen molar-refractivity contribution in [3.8, 4) is 5.75 Å². The summed E-state index contributed by atoms with van der Waals surface area (Å²) in [4.78, 5) is 253. The Labute approximate surface area is 774 Å². The number of rotatable bonds is 63. The maximum Gasteiger partial charge on any atom is 0.320 e. The lowest BCUT2D eigenvalue weighted by Crippen LogP contribution is -2.61. The molecule has 0 spiro atoms. The summed E-state index contributed by atoms with van der Waals surface area (Å²) in [6.45, 7) is 11.0. The fraction of sp³-hybridized carbons (Fsp3) is 0.636. The summed E-state index contributed by atoms with van der Waals surface area (Å²) in [7, 11) is 1.48. The molecule has 0 saturated carbocycles. The quantitative estimate of drug-likeness (QED) is 0.0185. The van der Waals surface area contributed by atoms with Gasteiger partial charge in [-0.1, -0.05) is 71.9 Å². The zero-order valence-corrected chi connectivity index (χ0v) is 77.6. The Balaban J connectivity index is 1.44. The number of hydrogen-bond acceptors (Lipinski definition) is 27. The Kier molecular flexibility index (Phi) is 50.6. The third kappa shape index (κ3) is 40.5. The van der Waals surface area contributed by atoms with Crippen LogP contribution in [0.2, 0.25) is 0 Å². The average molecular weight is 1880 g/mol. The highest BCUT2D eigenvalue weighted by Crippen LogP contribution is 2.23. The molecule has 1 aliphatic rings. The van der Waals surface area contributed by atoms with Crippen molar-refractivity contribution in [2.45, 2.75) is 275 Å². The van der Waals surface area contributed by atoms with Gasteiger partial charge < -0.3 is 144 Å². The number of aromatic hydroxyl groups is 1. The molecular weight excluding hydrogens is 1730 g/mol. The number of benzene rings is 2. The van der Waals surface area contributed by atoms with Gasteiger partial charge in [-0.3, -0.25) is 86.3 Å². The van der Waals surface area contributed by atoms with Crippen LogP contribution in [0.1, 0.15) is 182 Å². The number of esters is 1. The van der Waals surface area contributed by atoms with Gasteiger partial charge in [0.25, 0.3) is 5.91 Å². The van der Waals surface area contributed by atoms with E-state index in [4.69, 9.17) is 39.1 Å². The molecule has 2 heterocycles. The number of ether oxygens (including phenoxy) is 1. The molecule has 133 heavy (non-hydrogen) atoms. The molecule has 15 unspecified atom stereocenters. The van der Waals surface area contributed by atoms with Crippen molar-refractivity contribution in [3.63, 3.8) is 0 Å². The summed E-state index contributed by atoms with van der Waals surface area (Å²) in [5.41, 5.74) is 35.9. The van der Waals surface area contributed by atoms with Crippen molar-refractivity contribution in [2.75, 3.05) is 66.0 Å². The first-order valence-electron chi connectivity index (χ1n) is 45.4. The molecule has 31 N–H and O–H groups in total. The number of carbonyl (C=O) groups excluding carboxylic acids is 18. The van der Waals surface area contributed by atoms with Gasteiger partial charge in [-0.25, -0.2) is 0 Å². The third-order valence-corrected chi connectivity index (χ3v) is 21.7. The number of unbranched alkanes of at least 4 members (excludes halogenated alkanes) is 4. The number of likely N-dealkylation sites (N-methyl/N-ethyl adjacent to an activating group) is 1. The maximum atomic E-state index is 14.6. The largest absolute Gasteiger partial charge is 0.508 e. The summed E-state index contributed by atoms with van der Waals surface area (Å²) in [5, 5.41) is 70.1. The highest BCUT2D eigenvalue weighted by Gasteiger charge is 2.41. The second-order valence-corrected chi connectivity index (χ2v) is 34.5. The lowest BCUT2D eigenvalue weighted by atomic mass is 9.99. The molecule has 45 heteroatoms. The Hall–Kier alpha value is -12.0. The Morgan fingerprint density at radius 2 is 0.910 bits per heavy atom. The summed E-state index contributed by atoms with van der Waals surface area (Å²) in [6, 6.07) is -6.06. The lowest BCUT2D eigenvalue weighted by Gasteiger charge is -2.29. The topological polar surface area (TPSA) is 733 Å². The number of fused-ring (bicyclic) bond motifs is 1. The summed E-state index contributed by atoms with van der Waals surface area (Å²) in [6.07, 6.45) is 1.55. The number of hydrogen-bond donors (Lipinski definition) is 25. The number of phenolic OH excluding ortho intramolecular Hbond substituents is 1. The summed E-state index contributed by atoms with van der Waals surface area (Å²) in [5.74, 6) is -17.6. The normalized spacial score (nSPS) is 15.6. The number of aromatic amines is 1. The minimum atomic E-state index is -1.90. The van der Waals surface area contributed by atoms with Gasteiger partial charge in [0.2, 0.25) is 94.5 Å². The van der Waals surface area contributed by atoms with Crippen molar-refractivity contribution >= 4 is 117 Å². The molecule has 1 aliphatic heterocycles. The van der Waals surface area contributed by atoms with Crippen LogP contribution in [0.25, 0.3) is 10.9 Å². The van der Waals surface area contributed by atoms with Crippen molar-refractivity contribution in [1.82, 2.24) is 89.6 Å².